The summed E-state index contributed by atoms with van der Waals surface area (Å²) >= 11 is 4.46. The molecule has 0 unspecified atom stereocenters. The number of alkyl halides is 9. The zero-order valence-corrected chi connectivity index (χ0v) is 55.9. The van der Waals surface area contributed by atoms with Crippen molar-refractivity contribution >= 4 is 52.2 Å². The number of fused-ring (bicyclic) bond motifs is 2. The molecule has 92 heavy (non-hydrogen) atoms. The number of carboxylic acid groups (broad SMARTS) is 1. The van der Waals surface area contributed by atoms with Crippen LogP contribution in [-0.2, 0) is 71.6 Å². The number of thiophene rings is 3. The molecule has 10 rings (SSSR count). The Balaban J connectivity index is 0.000000370. The molecule has 0 radical (unpaired) electrons. The van der Waals surface area contributed by atoms with Crippen LogP contribution in [-0.4, -0.2) is 94.8 Å². The molecule has 0 atom stereocenters. The van der Waals surface area contributed by atoms with Gasteiger partial charge in [0, 0.05) is 70.8 Å². The summed E-state index contributed by atoms with van der Waals surface area (Å²) in [5, 5.41) is 16.3. The van der Waals surface area contributed by atoms with Gasteiger partial charge < -0.3 is 31.3 Å². The predicted molar refractivity (Wildman–Crippen MR) is 335 cm³/mol. The first-order valence-corrected chi connectivity index (χ1v) is 30.7. The van der Waals surface area contributed by atoms with Crippen LogP contribution in [0.3, 0.4) is 0 Å². The Morgan fingerprint density at radius 2 is 0.848 bits per heavy atom. The Hall–Kier alpha value is -6.45. The van der Waals surface area contributed by atoms with E-state index >= 15 is 0 Å². The minimum Gasteiger partial charge on any atom is -1.00 e. The van der Waals surface area contributed by atoms with Gasteiger partial charge in [-0.25, -0.2) is 9.59 Å². The van der Waals surface area contributed by atoms with Gasteiger partial charge in [-0.2, -0.15) is 39.5 Å². The number of hydrogen-bond acceptors (Lipinski definition) is 13. The number of benzene rings is 5. The molecule has 25 heteroatoms. The first-order chi connectivity index (χ1) is 42.1. The van der Waals surface area contributed by atoms with E-state index in [-0.39, 0.29) is 41.2 Å². The van der Waals surface area contributed by atoms with Gasteiger partial charge in [0.25, 0.3) is 0 Å². The number of carbonyl (C=O) groups excluding carboxylic acids is 2. The third-order valence-electron chi connectivity index (χ3n) is 14.5. The van der Waals surface area contributed by atoms with Crippen LogP contribution in [0, 0.1) is 0 Å². The molecule has 2 aliphatic rings. The number of hydrogen-bond donors (Lipinski definition) is 2. The minimum atomic E-state index is -4.33. The number of aldehydes is 1. The fraction of sp³-hybridized carbons (Fsp3) is 0.328. The number of aliphatic hydroxyl groups is 1. The molecule has 5 heterocycles. The standard InChI is InChI=1S/C28H30F3NO3S.C26H26F3NO3S.C12H7F3OS.CH4O.FH.Na.H2O.H/c1-4-34-26(33)27(2,3)35-23-10-7-19-13-15-32(16-14-21(19)17-23)18-24-11-12-25(36-24)20-5-8-22(9-6-20)28(29,30)31;1-25(2,24(31)32)33-21-8-5-17-11-13-30(14-12-19(17)15-21)16-22-9-10-23(34-22)18-3-6-20(7-4-18)26(27,28)29;13-12(14,15)9-3-1-8(2-4-9)11-6-5-10(7-16)17-11;1-2;;;;/h5-12,17H,4,13-16,18H2,1-3H3;3-10,15H,11-14,16H2,1-2H3,(H,31,32);1-7H;2H,1H3;1H;;1H2;/q;;;;;+1;;-1/p-1/i;;;;;;;1+2. The second-order valence-corrected chi connectivity index (χ2v) is 25.2. The van der Waals surface area contributed by atoms with Crippen molar-refractivity contribution in [2.45, 2.75) is 103 Å². The Kier molecular flexibility index (Phi) is 28.9. The van der Waals surface area contributed by atoms with E-state index in [1.807, 2.05) is 48.5 Å². The Morgan fingerprint density at radius 3 is 1.17 bits per heavy atom. The number of aliphatic hydroxyl groups excluding tert-OH is 1. The van der Waals surface area contributed by atoms with Crippen LogP contribution < -0.4 is 39.0 Å². The minimum absolute atomic E-state index is 0. The maximum absolute atomic E-state index is 12.8. The summed E-state index contributed by atoms with van der Waals surface area (Å²) in [6.07, 6.45) is -8.76. The van der Waals surface area contributed by atoms with E-state index in [0.717, 1.165) is 151 Å². The molecule has 0 spiro atoms. The molecule has 11 nitrogen and oxygen atoms in total. The van der Waals surface area contributed by atoms with Crippen LogP contribution in [0.4, 0.5) is 44.2 Å². The zero-order valence-electron chi connectivity index (χ0n) is 52.4. The van der Waals surface area contributed by atoms with Gasteiger partial charge in [0.05, 0.1) is 28.2 Å². The monoisotopic (exact) mass is 1360 g/mol. The molecule has 492 valence electrons. The van der Waals surface area contributed by atoms with E-state index in [4.69, 9.17) is 19.3 Å². The first kappa shape index (κ1) is 78.0. The molecule has 0 saturated carbocycles. The SMILES string of the molecule is CC(C)(Oc1ccc2c(c1)CCN(Cc1ccc(-c3ccc(C(F)(F)F)cc3)s1)CC2)C(=O)O.CCOC(=O)C(C)(C)Oc1ccc2c(c1)CCN(Cc1ccc(-c3ccc(C(F)(F)F)cc3)s1)CC2.CO.F.O=Cc1ccc(-c2ccc(C(F)(F)F)cc2)s1.[3H-].[Na+].[OH-]. The van der Waals surface area contributed by atoms with Crippen molar-refractivity contribution in [3.8, 4) is 42.8 Å². The molecule has 0 saturated heterocycles. The normalized spacial score (nSPS) is 13.5. The summed E-state index contributed by atoms with van der Waals surface area (Å²) in [6.45, 7) is 13.7. The third kappa shape index (κ3) is 21.8. The summed E-state index contributed by atoms with van der Waals surface area (Å²) < 4.78 is 131. The number of carboxylic acids is 1. The molecular formula is C67H70F10N2NaO9S3-. The Labute approximate surface area is 562 Å². The van der Waals surface area contributed by atoms with E-state index in [9.17, 15) is 59.0 Å². The number of ether oxygens (including phenoxy) is 3. The van der Waals surface area contributed by atoms with Gasteiger partial charge in [-0.15, -0.1) is 34.0 Å². The molecule has 8 aromatic rings. The molecule has 3 aromatic heterocycles. The van der Waals surface area contributed by atoms with Crippen molar-refractivity contribution in [1.29, 1.82) is 0 Å². The maximum Gasteiger partial charge on any atom is 1.00 e. The number of aliphatic carboxylic acids is 1. The summed E-state index contributed by atoms with van der Waals surface area (Å²) in [6, 6.07) is 38.7. The van der Waals surface area contributed by atoms with Gasteiger partial charge in [0.2, 0.25) is 0 Å². The Morgan fingerprint density at radius 1 is 0.511 bits per heavy atom. The molecule has 2 aliphatic heterocycles. The fourth-order valence-corrected chi connectivity index (χ4v) is 12.6. The van der Waals surface area contributed by atoms with Crippen molar-refractivity contribution in [3.63, 3.8) is 0 Å². The van der Waals surface area contributed by atoms with Gasteiger partial charge in [0.15, 0.2) is 17.5 Å². The van der Waals surface area contributed by atoms with Crippen LogP contribution in [0.5, 0.6) is 11.5 Å². The predicted octanol–water partition coefficient (Wildman–Crippen LogP) is 14.0. The average Bonchev–Trinajstić information content (AvgIpc) is 1.94. The summed E-state index contributed by atoms with van der Waals surface area (Å²) in [4.78, 5) is 44.4. The summed E-state index contributed by atoms with van der Waals surface area (Å²) in [7, 11) is 1.00. The van der Waals surface area contributed by atoms with Crippen molar-refractivity contribution in [2.75, 3.05) is 39.9 Å². The van der Waals surface area contributed by atoms with E-state index < -0.39 is 58.4 Å². The first-order valence-electron chi connectivity index (χ1n) is 28.2. The summed E-state index contributed by atoms with van der Waals surface area (Å²) in [5.74, 6) is -0.198. The quantitative estimate of drug-likeness (QED) is 0.0436. The fourth-order valence-electron chi connectivity index (χ4n) is 9.64. The van der Waals surface area contributed by atoms with Crippen LogP contribution in [0.25, 0.3) is 31.3 Å². The van der Waals surface area contributed by atoms with E-state index in [2.05, 4.69) is 21.9 Å². The van der Waals surface area contributed by atoms with Crippen LogP contribution >= 0.6 is 34.0 Å². The molecule has 3 N–H and O–H groups in total. The third-order valence-corrected chi connectivity index (χ3v) is 17.8. The van der Waals surface area contributed by atoms with Crippen LogP contribution in [0.1, 0.15) is 94.4 Å². The molecule has 0 bridgehead atoms. The number of rotatable bonds is 15. The van der Waals surface area contributed by atoms with E-state index in [1.54, 1.807) is 55.6 Å². The van der Waals surface area contributed by atoms with Gasteiger partial charge in [-0.05, 0) is 196 Å². The number of esters is 1. The van der Waals surface area contributed by atoms with Gasteiger partial charge >= 0.3 is 60.0 Å². The topological polar surface area (TPSA) is 156 Å². The van der Waals surface area contributed by atoms with Crippen molar-refractivity contribution in [1.82, 2.24) is 9.80 Å². The maximum atomic E-state index is 12.8. The van der Waals surface area contributed by atoms with Gasteiger partial charge in [-0.1, -0.05) is 48.5 Å². The largest absolute Gasteiger partial charge is 1.00 e. The smallest absolute Gasteiger partial charge is 1.00 e. The second-order valence-electron chi connectivity index (χ2n) is 21.7. The number of halogens is 10. The second kappa shape index (κ2) is 34.1. The molecule has 0 aliphatic carbocycles. The summed E-state index contributed by atoms with van der Waals surface area (Å²) in [5.41, 5.74) is 2.83. The van der Waals surface area contributed by atoms with Gasteiger partial charge in [-0.3, -0.25) is 19.3 Å². The molecule has 5 aromatic carbocycles. The van der Waals surface area contributed by atoms with Crippen LogP contribution in [0.2, 0.25) is 0 Å². The van der Waals surface area contributed by atoms with E-state index in [0.29, 0.717) is 28.5 Å². The molecule has 0 fully saturated rings. The van der Waals surface area contributed by atoms with Crippen molar-refractivity contribution in [3.05, 3.63) is 199 Å². The zero-order chi connectivity index (χ0) is 64.9. The van der Waals surface area contributed by atoms with E-state index in [1.165, 1.54) is 83.1 Å². The van der Waals surface area contributed by atoms with Gasteiger partial charge in [0.1, 0.15) is 11.5 Å². The number of carbonyl (C=O) groups is 3. The van der Waals surface area contributed by atoms with Crippen molar-refractivity contribution in [2.24, 2.45) is 0 Å². The average molecular weight is 1360 g/mol. The van der Waals surface area contributed by atoms with Crippen LogP contribution in [0.15, 0.2) is 146 Å². The molecular weight excluding hydrogens is 1290 g/mol. The molecule has 0 amide bonds. The number of nitrogens with zero attached hydrogens (tertiary/aromatic N) is 2. The van der Waals surface area contributed by atoms with Crippen molar-refractivity contribution < 1.29 is 119 Å². The Bertz CT molecular complexity index is 3650.